The molecule has 1 aromatic rings. The molecule has 0 spiro atoms. The second-order valence-corrected chi connectivity index (χ2v) is 3.80. The van der Waals surface area contributed by atoms with E-state index in [-0.39, 0.29) is 11.8 Å². The maximum Gasteiger partial charge on any atom is 0.138 e. The summed E-state index contributed by atoms with van der Waals surface area (Å²) in [6, 6.07) is 7.41. The van der Waals surface area contributed by atoms with Crippen LogP contribution in [0.3, 0.4) is 0 Å². The lowest BCUT2D eigenvalue weighted by atomic mass is 10.2. The van der Waals surface area contributed by atoms with Crippen LogP contribution in [0.4, 0.5) is 0 Å². The summed E-state index contributed by atoms with van der Waals surface area (Å²) in [4.78, 5) is 0. The van der Waals surface area contributed by atoms with Crippen LogP contribution in [0.1, 0.15) is 18.9 Å². The molecule has 0 aliphatic heterocycles. The lowest BCUT2D eigenvalue weighted by Crippen LogP contribution is -2.24. The largest absolute Gasteiger partial charge is 0.506 e. The summed E-state index contributed by atoms with van der Waals surface area (Å²) < 4.78 is 0. The molecule has 0 heterocycles. The van der Waals surface area contributed by atoms with E-state index in [2.05, 4.69) is 11.4 Å². The van der Waals surface area contributed by atoms with Gasteiger partial charge >= 0.3 is 0 Å². The van der Waals surface area contributed by atoms with E-state index in [9.17, 15) is 5.11 Å². The van der Waals surface area contributed by atoms with Crippen LogP contribution in [-0.4, -0.2) is 11.1 Å². The number of nitrogens with one attached hydrogen (secondary N) is 1. The van der Waals surface area contributed by atoms with E-state index in [1.54, 1.807) is 18.2 Å². The molecule has 1 rings (SSSR count). The van der Waals surface area contributed by atoms with Gasteiger partial charge in [0.25, 0.3) is 0 Å². The van der Waals surface area contributed by atoms with Gasteiger partial charge in [-0.1, -0.05) is 23.7 Å². The second-order valence-electron chi connectivity index (χ2n) is 3.39. The van der Waals surface area contributed by atoms with E-state index in [4.69, 9.17) is 16.9 Å². The third-order valence-corrected chi connectivity index (χ3v) is 2.41. The molecule has 15 heavy (non-hydrogen) atoms. The molecule has 0 aromatic heterocycles. The van der Waals surface area contributed by atoms with Crippen LogP contribution in [-0.2, 0) is 6.54 Å². The Morgan fingerprint density at radius 2 is 2.33 bits per heavy atom. The van der Waals surface area contributed by atoms with Crippen molar-refractivity contribution in [2.75, 3.05) is 0 Å². The van der Waals surface area contributed by atoms with Crippen molar-refractivity contribution in [1.82, 2.24) is 5.32 Å². The molecule has 4 heteroatoms. The summed E-state index contributed by atoms with van der Waals surface area (Å²) in [6.07, 6.45) is 0.446. The lowest BCUT2D eigenvalue weighted by molar-refractivity contribution is 0.460. The Kier molecular flexibility index (Phi) is 4.41. The molecule has 0 aliphatic rings. The molecule has 80 valence electrons. The van der Waals surface area contributed by atoms with E-state index >= 15 is 0 Å². The van der Waals surface area contributed by atoms with Crippen molar-refractivity contribution in [3.05, 3.63) is 28.8 Å². The van der Waals surface area contributed by atoms with Crippen LogP contribution < -0.4 is 5.32 Å². The van der Waals surface area contributed by atoms with Crippen molar-refractivity contribution in [3.8, 4) is 11.8 Å². The van der Waals surface area contributed by atoms with Crippen LogP contribution in [0.5, 0.6) is 5.75 Å². The third-order valence-electron chi connectivity index (χ3n) is 2.11. The minimum atomic E-state index is 0.105. The number of hydrogen-bond acceptors (Lipinski definition) is 3. The fourth-order valence-corrected chi connectivity index (χ4v) is 1.39. The van der Waals surface area contributed by atoms with E-state index in [0.29, 0.717) is 18.0 Å². The molecular weight excluding hydrogens is 212 g/mol. The first-order valence-corrected chi connectivity index (χ1v) is 5.09. The van der Waals surface area contributed by atoms with Crippen LogP contribution >= 0.6 is 11.6 Å². The molecule has 3 nitrogen and oxygen atoms in total. The third kappa shape index (κ3) is 3.43. The predicted octanol–water partition coefficient (Wildman–Crippen LogP) is 2.44. The van der Waals surface area contributed by atoms with E-state index < -0.39 is 0 Å². The van der Waals surface area contributed by atoms with Crippen molar-refractivity contribution in [2.45, 2.75) is 25.9 Å². The van der Waals surface area contributed by atoms with Crippen LogP contribution in [0.15, 0.2) is 18.2 Å². The molecule has 0 radical (unpaired) electrons. The summed E-state index contributed by atoms with van der Waals surface area (Å²) in [7, 11) is 0. The maximum absolute atomic E-state index is 9.60. The zero-order chi connectivity index (χ0) is 11.3. The van der Waals surface area contributed by atoms with Crippen LogP contribution in [0, 0.1) is 11.3 Å². The van der Waals surface area contributed by atoms with Crippen molar-refractivity contribution in [3.63, 3.8) is 0 Å². The molecule has 1 atom stereocenters. The topological polar surface area (TPSA) is 56.0 Å². The normalized spacial score (nSPS) is 12.1. The number of nitrogens with zero attached hydrogens (tertiary/aromatic N) is 1. The van der Waals surface area contributed by atoms with Gasteiger partial charge in [0.15, 0.2) is 0 Å². The van der Waals surface area contributed by atoms with E-state index in [1.165, 1.54) is 0 Å². The smallest absolute Gasteiger partial charge is 0.138 e. The van der Waals surface area contributed by atoms with Gasteiger partial charge in [-0.25, -0.2) is 0 Å². The summed E-state index contributed by atoms with van der Waals surface area (Å²) in [5, 5.41) is 21.6. The quantitative estimate of drug-likeness (QED) is 0.826. The number of phenols is 1. The Bertz CT molecular complexity index is 373. The molecule has 2 N–H and O–H groups in total. The number of benzene rings is 1. The van der Waals surface area contributed by atoms with Gasteiger partial charge in [-0.2, -0.15) is 5.26 Å². The number of phenolic OH excluding ortho intramolecular Hbond substituents is 1. The monoisotopic (exact) mass is 224 g/mol. The summed E-state index contributed by atoms with van der Waals surface area (Å²) in [5.74, 6) is 0.107. The number of halogens is 1. The maximum atomic E-state index is 9.60. The Labute approximate surface area is 94.3 Å². The highest BCUT2D eigenvalue weighted by molar-refractivity contribution is 6.32. The van der Waals surface area contributed by atoms with Crippen LogP contribution in [0.25, 0.3) is 0 Å². The molecule has 1 aromatic carbocycles. The minimum absolute atomic E-state index is 0.105. The van der Waals surface area contributed by atoms with Gasteiger partial charge < -0.3 is 10.4 Å². The summed E-state index contributed by atoms with van der Waals surface area (Å²) in [5.41, 5.74) is 0.743. The Hall–Kier alpha value is -1.24. The average molecular weight is 225 g/mol. The highest BCUT2D eigenvalue weighted by Crippen LogP contribution is 2.26. The minimum Gasteiger partial charge on any atom is -0.506 e. The van der Waals surface area contributed by atoms with Crippen LogP contribution in [0.2, 0.25) is 5.02 Å². The first kappa shape index (κ1) is 11.8. The molecule has 0 amide bonds. The zero-order valence-electron chi connectivity index (χ0n) is 8.50. The predicted molar refractivity (Wildman–Crippen MR) is 59.6 cm³/mol. The SMILES string of the molecule is CC(CC#N)NCc1cccc(Cl)c1O. The number of nitriles is 1. The van der Waals surface area contributed by atoms with Gasteiger partial charge in [-0.3, -0.25) is 0 Å². The first-order chi connectivity index (χ1) is 7.15. The number of rotatable bonds is 4. The fraction of sp³-hybridized carbons (Fsp3) is 0.364. The van der Waals surface area contributed by atoms with Crippen molar-refractivity contribution in [1.29, 1.82) is 5.26 Å². The molecule has 0 saturated heterocycles. The highest BCUT2D eigenvalue weighted by Gasteiger charge is 2.06. The van der Waals surface area contributed by atoms with Gasteiger partial charge in [-0.05, 0) is 13.0 Å². The highest BCUT2D eigenvalue weighted by atomic mass is 35.5. The Morgan fingerprint density at radius 1 is 1.60 bits per heavy atom. The molecule has 0 saturated carbocycles. The molecule has 1 unspecified atom stereocenters. The Morgan fingerprint density at radius 3 is 3.00 bits per heavy atom. The van der Waals surface area contributed by atoms with Gasteiger partial charge in [0.1, 0.15) is 5.75 Å². The zero-order valence-corrected chi connectivity index (χ0v) is 9.25. The molecule has 0 fully saturated rings. The second kappa shape index (κ2) is 5.59. The number of para-hydroxylation sites is 1. The van der Waals surface area contributed by atoms with Crippen molar-refractivity contribution in [2.24, 2.45) is 0 Å². The molecular formula is C11H13ClN2O. The van der Waals surface area contributed by atoms with E-state index in [1.807, 2.05) is 6.92 Å². The number of aromatic hydroxyl groups is 1. The van der Waals surface area contributed by atoms with Gasteiger partial charge in [0, 0.05) is 18.2 Å². The summed E-state index contributed by atoms with van der Waals surface area (Å²) >= 11 is 5.76. The van der Waals surface area contributed by atoms with E-state index in [0.717, 1.165) is 5.56 Å². The number of hydrogen-bond donors (Lipinski definition) is 2. The average Bonchev–Trinajstić information content (AvgIpc) is 2.21. The summed E-state index contributed by atoms with van der Waals surface area (Å²) in [6.45, 7) is 2.43. The first-order valence-electron chi connectivity index (χ1n) is 4.72. The molecule has 0 aliphatic carbocycles. The van der Waals surface area contributed by atoms with Gasteiger partial charge in [-0.15, -0.1) is 0 Å². The Balaban J connectivity index is 2.58. The fourth-order valence-electron chi connectivity index (χ4n) is 1.20. The van der Waals surface area contributed by atoms with Gasteiger partial charge in [0.2, 0.25) is 0 Å². The van der Waals surface area contributed by atoms with Crippen molar-refractivity contribution >= 4 is 11.6 Å². The van der Waals surface area contributed by atoms with Gasteiger partial charge in [0.05, 0.1) is 17.5 Å². The standard InChI is InChI=1S/C11H13ClN2O/c1-8(5-6-13)14-7-9-3-2-4-10(12)11(9)15/h2-4,8,14-15H,5,7H2,1H3. The lowest BCUT2D eigenvalue weighted by Gasteiger charge is -2.11. The molecule has 0 bridgehead atoms. The van der Waals surface area contributed by atoms with Crippen molar-refractivity contribution < 1.29 is 5.11 Å².